The van der Waals surface area contributed by atoms with Crippen LogP contribution in [0.25, 0.3) is 0 Å². The van der Waals surface area contributed by atoms with Gasteiger partial charge in [0.05, 0.1) is 0 Å². The molecule has 0 saturated carbocycles. The van der Waals surface area contributed by atoms with Gasteiger partial charge < -0.3 is 19.7 Å². The lowest BCUT2D eigenvalue weighted by Gasteiger charge is -2.19. The Bertz CT molecular complexity index is 400. The lowest BCUT2D eigenvalue weighted by atomic mass is 10.0. The predicted molar refractivity (Wildman–Crippen MR) is 109 cm³/mol. The molecule has 1 unspecified atom stereocenters. The summed E-state index contributed by atoms with van der Waals surface area (Å²) in [6, 6.07) is 0. The summed E-state index contributed by atoms with van der Waals surface area (Å²) in [6.07, 6.45) is 4.54. The standard InChI is InChI=1S/C21H40N2O4/c1-7-23(6)16-15-22-21(25)27-19(12-10-8-9-11-17(2)3)13-14-20(24)26-18(4)5/h17-19H,4-5,7-16H2,1-3,6H3,(H,22,25). The number of hydrogen-bond acceptors (Lipinski definition) is 5. The van der Waals surface area contributed by atoms with Gasteiger partial charge in [-0.2, -0.15) is 0 Å². The molecule has 0 saturated heterocycles. The molecule has 0 rings (SSSR count). The molecule has 0 aliphatic heterocycles. The Balaban J connectivity index is 4.31. The van der Waals surface area contributed by atoms with Crippen molar-refractivity contribution in [3.05, 3.63) is 13.8 Å². The fourth-order valence-corrected chi connectivity index (χ4v) is 2.59. The van der Waals surface area contributed by atoms with Crippen LogP contribution in [0.15, 0.2) is 0 Å². The molecule has 1 atom stereocenters. The number of alkyl carbamates (subject to hydrolysis) is 1. The molecule has 0 aromatic heterocycles. The summed E-state index contributed by atoms with van der Waals surface area (Å²) < 4.78 is 10.5. The van der Waals surface area contributed by atoms with Crippen molar-refractivity contribution in [2.45, 2.75) is 77.9 Å². The second-order valence-corrected chi connectivity index (χ2v) is 7.53. The summed E-state index contributed by atoms with van der Waals surface area (Å²) in [7, 11) is 2.00. The fourth-order valence-electron chi connectivity index (χ4n) is 2.59. The van der Waals surface area contributed by atoms with Gasteiger partial charge in [-0.15, -0.1) is 0 Å². The van der Waals surface area contributed by atoms with Gasteiger partial charge in [-0.05, 0) is 52.6 Å². The van der Waals surface area contributed by atoms with Gasteiger partial charge in [0.25, 0.3) is 0 Å². The second-order valence-electron chi connectivity index (χ2n) is 7.53. The van der Waals surface area contributed by atoms with E-state index in [0.29, 0.717) is 18.9 Å². The molecule has 0 aliphatic rings. The number of carbonyl (C=O) groups is 2. The fraction of sp³-hybridized carbons (Fsp3) is 0.810. The van der Waals surface area contributed by atoms with Crippen molar-refractivity contribution in [2.75, 3.05) is 26.7 Å². The van der Waals surface area contributed by atoms with Crippen LogP contribution >= 0.6 is 0 Å². The number of carbonyl (C=O) groups excluding carboxylic acids is 2. The topological polar surface area (TPSA) is 67.9 Å². The first kappa shape index (κ1) is 25.7. The van der Waals surface area contributed by atoms with Gasteiger partial charge in [0.2, 0.25) is 0 Å². The highest BCUT2D eigenvalue weighted by Crippen LogP contribution is 2.16. The third kappa shape index (κ3) is 16.6. The highest BCUT2D eigenvalue weighted by molar-refractivity contribution is 5.70. The molecule has 6 heteroatoms. The first-order valence-electron chi connectivity index (χ1n) is 10.2. The molecule has 0 fully saturated rings. The normalized spacial score (nSPS) is 12.5. The molecule has 0 heterocycles. The van der Waals surface area contributed by atoms with Crippen molar-refractivity contribution in [2.24, 2.45) is 5.92 Å². The number of nitrogens with one attached hydrogen (secondary N) is 1. The lowest BCUT2D eigenvalue weighted by Crippen LogP contribution is -2.35. The van der Waals surface area contributed by atoms with E-state index in [0.717, 1.165) is 32.4 Å². The number of rotatable bonds is 15. The molecule has 6 nitrogen and oxygen atoms in total. The minimum atomic E-state index is -0.619. The first-order valence-corrected chi connectivity index (χ1v) is 10.2. The maximum atomic E-state index is 12.0. The van der Waals surface area contributed by atoms with Gasteiger partial charge in [0.1, 0.15) is 12.2 Å². The Kier molecular flexibility index (Phi) is 15.0. The molecule has 0 aromatic carbocycles. The predicted octanol–water partition coefficient (Wildman–Crippen LogP) is 4.00. The SMILES string of the molecule is [CH2]C([CH2])OC(=O)CCC(CCCCCC(C)C)OC(=O)NCCN(C)CC. The molecule has 27 heavy (non-hydrogen) atoms. The van der Waals surface area contributed by atoms with Crippen molar-refractivity contribution in [1.82, 2.24) is 10.2 Å². The number of esters is 1. The van der Waals surface area contributed by atoms with E-state index in [-0.39, 0.29) is 18.5 Å². The third-order valence-electron chi connectivity index (χ3n) is 4.35. The van der Waals surface area contributed by atoms with E-state index in [4.69, 9.17) is 9.47 Å². The minimum Gasteiger partial charge on any atom is -0.462 e. The van der Waals surface area contributed by atoms with E-state index >= 15 is 0 Å². The zero-order valence-corrected chi connectivity index (χ0v) is 17.8. The van der Waals surface area contributed by atoms with Crippen molar-refractivity contribution >= 4 is 12.1 Å². The molecule has 0 bridgehead atoms. The van der Waals surface area contributed by atoms with Gasteiger partial charge in [-0.25, -0.2) is 4.79 Å². The van der Waals surface area contributed by atoms with Crippen LogP contribution in [-0.2, 0) is 14.3 Å². The molecule has 0 aliphatic carbocycles. The van der Waals surface area contributed by atoms with Crippen molar-refractivity contribution in [3.63, 3.8) is 0 Å². The molecular weight excluding hydrogens is 344 g/mol. The van der Waals surface area contributed by atoms with Crippen molar-refractivity contribution < 1.29 is 19.1 Å². The number of unbranched alkanes of at least 4 members (excludes halogenated alkanes) is 2. The number of amides is 1. The Labute approximate surface area is 166 Å². The largest absolute Gasteiger partial charge is 0.462 e. The van der Waals surface area contributed by atoms with Crippen LogP contribution in [0.3, 0.4) is 0 Å². The zero-order valence-electron chi connectivity index (χ0n) is 17.8. The van der Waals surface area contributed by atoms with Crippen LogP contribution in [-0.4, -0.2) is 55.9 Å². The van der Waals surface area contributed by atoms with Gasteiger partial charge in [-0.3, -0.25) is 4.79 Å². The third-order valence-corrected chi connectivity index (χ3v) is 4.35. The lowest BCUT2D eigenvalue weighted by molar-refractivity contribution is -0.146. The first-order chi connectivity index (χ1) is 12.7. The summed E-state index contributed by atoms with van der Waals surface area (Å²) in [5, 5.41) is 2.78. The number of ether oxygens (including phenoxy) is 2. The minimum absolute atomic E-state index is 0.198. The molecule has 2 radical (unpaired) electrons. The molecule has 0 spiro atoms. The molecule has 1 amide bonds. The van der Waals surface area contributed by atoms with E-state index in [1.165, 1.54) is 12.8 Å². The van der Waals surface area contributed by atoms with Crippen LogP contribution in [0, 0.1) is 19.8 Å². The molecular formula is C21H40N2O4. The van der Waals surface area contributed by atoms with Gasteiger partial charge in [-0.1, -0.05) is 40.0 Å². The summed E-state index contributed by atoms with van der Waals surface area (Å²) in [5.41, 5.74) is 0. The highest BCUT2D eigenvalue weighted by Gasteiger charge is 2.17. The van der Waals surface area contributed by atoms with Crippen LogP contribution in [0.4, 0.5) is 4.79 Å². The number of hydrogen-bond donors (Lipinski definition) is 1. The van der Waals surface area contributed by atoms with Gasteiger partial charge >= 0.3 is 12.1 Å². The van der Waals surface area contributed by atoms with E-state index in [2.05, 4.69) is 44.8 Å². The van der Waals surface area contributed by atoms with E-state index < -0.39 is 12.2 Å². The summed E-state index contributed by atoms with van der Waals surface area (Å²) in [4.78, 5) is 25.9. The average Bonchev–Trinajstić information content (AvgIpc) is 2.57. The van der Waals surface area contributed by atoms with E-state index in [1.54, 1.807) is 0 Å². The summed E-state index contributed by atoms with van der Waals surface area (Å²) >= 11 is 0. The van der Waals surface area contributed by atoms with E-state index in [9.17, 15) is 9.59 Å². The van der Waals surface area contributed by atoms with Crippen LogP contribution in [0.1, 0.15) is 65.7 Å². The molecule has 0 aromatic rings. The Morgan fingerprint density at radius 2 is 1.70 bits per heavy atom. The summed E-state index contributed by atoms with van der Waals surface area (Å²) in [6.45, 7) is 15.8. The monoisotopic (exact) mass is 384 g/mol. The average molecular weight is 385 g/mol. The highest BCUT2D eigenvalue weighted by atomic mass is 16.6. The molecule has 158 valence electrons. The van der Waals surface area contributed by atoms with Gasteiger partial charge in [0.15, 0.2) is 0 Å². The van der Waals surface area contributed by atoms with Crippen molar-refractivity contribution in [1.29, 1.82) is 0 Å². The van der Waals surface area contributed by atoms with Crippen molar-refractivity contribution in [3.8, 4) is 0 Å². The maximum absolute atomic E-state index is 12.0. The number of likely N-dealkylation sites (N-methyl/N-ethyl adjacent to an activating group) is 1. The second kappa shape index (κ2) is 15.7. The smallest absolute Gasteiger partial charge is 0.407 e. The van der Waals surface area contributed by atoms with Crippen LogP contribution in [0.5, 0.6) is 0 Å². The molecule has 1 N–H and O–H groups in total. The van der Waals surface area contributed by atoms with Gasteiger partial charge in [0, 0.05) is 19.5 Å². The van der Waals surface area contributed by atoms with E-state index in [1.807, 2.05) is 7.05 Å². The Hall–Kier alpha value is -1.30. The quantitative estimate of drug-likeness (QED) is 0.341. The van der Waals surface area contributed by atoms with Crippen LogP contribution < -0.4 is 5.32 Å². The number of nitrogens with zero attached hydrogens (tertiary/aromatic N) is 1. The Morgan fingerprint density at radius 3 is 2.30 bits per heavy atom. The zero-order chi connectivity index (χ0) is 20.7. The Morgan fingerprint density at radius 1 is 1.04 bits per heavy atom. The summed E-state index contributed by atoms with van der Waals surface area (Å²) in [5.74, 6) is 0.348. The van der Waals surface area contributed by atoms with Crippen LogP contribution in [0.2, 0.25) is 0 Å². The maximum Gasteiger partial charge on any atom is 0.407 e.